The molecule has 5 nitrogen and oxygen atoms in total. The van der Waals surface area contributed by atoms with Gasteiger partial charge in [-0.1, -0.05) is 32.0 Å². The van der Waals surface area contributed by atoms with Crippen molar-refractivity contribution < 1.29 is 0 Å². The molecule has 0 unspecified atom stereocenters. The van der Waals surface area contributed by atoms with E-state index >= 15 is 0 Å². The van der Waals surface area contributed by atoms with Gasteiger partial charge in [0.15, 0.2) is 5.11 Å². The Kier molecular flexibility index (Phi) is 8.04. The van der Waals surface area contributed by atoms with Gasteiger partial charge in [-0.15, -0.1) is 0 Å². The molecule has 2 aromatic carbocycles. The number of rotatable bonds is 8. The number of aromatic amines is 1. The molecule has 1 heterocycles. The van der Waals surface area contributed by atoms with Crippen molar-refractivity contribution >= 4 is 33.9 Å². The molecule has 0 saturated heterocycles. The summed E-state index contributed by atoms with van der Waals surface area (Å²) in [6, 6.07) is 14.3. The maximum absolute atomic E-state index is 12.9. The Bertz CT molecular complexity index is 1150. The minimum Gasteiger partial charge on any atom is -0.343 e. The fourth-order valence-corrected chi connectivity index (χ4v) is 4.29. The van der Waals surface area contributed by atoms with Crippen LogP contribution >= 0.6 is 12.2 Å². The van der Waals surface area contributed by atoms with Gasteiger partial charge in [-0.3, -0.25) is 4.79 Å². The summed E-state index contributed by atoms with van der Waals surface area (Å²) in [7, 11) is 0. The molecule has 32 heavy (non-hydrogen) atoms. The summed E-state index contributed by atoms with van der Waals surface area (Å²) in [5.74, 6) is 0. The lowest BCUT2D eigenvalue weighted by atomic mass is 10.0. The zero-order valence-electron chi connectivity index (χ0n) is 19.8. The molecule has 1 aromatic heterocycles. The van der Waals surface area contributed by atoms with Crippen molar-refractivity contribution in [3.05, 3.63) is 75.1 Å². The van der Waals surface area contributed by atoms with Gasteiger partial charge in [-0.2, -0.15) is 0 Å². The summed E-state index contributed by atoms with van der Waals surface area (Å²) in [5, 5.41) is 5.07. The first-order valence-electron chi connectivity index (χ1n) is 11.3. The maximum Gasteiger partial charge on any atom is 0.253 e. The molecule has 3 rings (SSSR count). The molecule has 0 aliphatic rings. The summed E-state index contributed by atoms with van der Waals surface area (Å²) in [5.41, 5.74) is 5.97. The van der Waals surface area contributed by atoms with Gasteiger partial charge in [0.1, 0.15) is 0 Å². The second-order valence-corrected chi connectivity index (χ2v) is 8.80. The van der Waals surface area contributed by atoms with Crippen LogP contribution in [-0.4, -0.2) is 46.1 Å². The third kappa shape index (κ3) is 5.96. The highest BCUT2D eigenvalue weighted by atomic mass is 32.1. The third-order valence-electron chi connectivity index (χ3n) is 5.89. The van der Waals surface area contributed by atoms with Crippen molar-refractivity contribution in [1.82, 2.24) is 14.8 Å². The van der Waals surface area contributed by atoms with Crippen LogP contribution < -0.4 is 10.9 Å². The molecule has 6 heteroatoms. The zero-order chi connectivity index (χ0) is 23.3. The molecule has 0 saturated carbocycles. The smallest absolute Gasteiger partial charge is 0.253 e. The van der Waals surface area contributed by atoms with Crippen molar-refractivity contribution in [2.75, 3.05) is 31.5 Å². The number of benzene rings is 2. The summed E-state index contributed by atoms with van der Waals surface area (Å²) in [6.45, 7) is 14.6. The van der Waals surface area contributed by atoms with Crippen LogP contribution in [0.15, 0.2) is 47.3 Å². The van der Waals surface area contributed by atoms with E-state index < -0.39 is 0 Å². The number of fused-ring (bicyclic) bond motifs is 1. The van der Waals surface area contributed by atoms with E-state index in [1.165, 1.54) is 5.56 Å². The lowest BCUT2D eigenvalue weighted by Gasteiger charge is -2.29. The summed E-state index contributed by atoms with van der Waals surface area (Å²) < 4.78 is 0. The number of nitrogens with one attached hydrogen (secondary N) is 2. The van der Waals surface area contributed by atoms with Crippen LogP contribution in [-0.2, 0) is 6.54 Å². The predicted octanol–water partition coefficient (Wildman–Crippen LogP) is 4.99. The van der Waals surface area contributed by atoms with Gasteiger partial charge >= 0.3 is 0 Å². The van der Waals surface area contributed by atoms with Gasteiger partial charge < -0.3 is 20.1 Å². The third-order valence-corrected chi connectivity index (χ3v) is 6.25. The second-order valence-electron chi connectivity index (χ2n) is 8.41. The molecule has 170 valence electrons. The molecule has 0 aliphatic heterocycles. The van der Waals surface area contributed by atoms with Crippen LogP contribution in [0.25, 0.3) is 10.9 Å². The molecular weight excluding hydrogens is 416 g/mol. The number of H-pyrrole nitrogens is 1. The Morgan fingerprint density at radius 2 is 1.75 bits per heavy atom. The molecule has 0 atom stereocenters. The minimum absolute atomic E-state index is 0.0614. The first kappa shape index (κ1) is 24.0. The second kappa shape index (κ2) is 10.7. The van der Waals surface area contributed by atoms with Crippen molar-refractivity contribution in [2.45, 2.75) is 41.2 Å². The molecule has 0 aliphatic carbocycles. The van der Waals surface area contributed by atoms with Crippen LogP contribution in [0.4, 0.5) is 5.69 Å². The maximum atomic E-state index is 12.9. The Morgan fingerprint density at radius 3 is 2.44 bits per heavy atom. The Balaban J connectivity index is 1.89. The number of aromatic nitrogens is 1. The van der Waals surface area contributed by atoms with Crippen molar-refractivity contribution in [3.8, 4) is 0 Å². The fourth-order valence-electron chi connectivity index (χ4n) is 4.02. The first-order chi connectivity index (χ1) is 15.3. The van der Waals surface area contributed by atoms with Gasteiger partial charge in [0.05, 0.1) is 6.54 Å². The van der Waals surface area contributed by atoms with Gasteiger partial charge in [0.2, 0.25) is 0 Å². The fraction of sp³-hybridized carbons (Fsp3) is 0.385. The van der Waals surface area contributed by atoms with Gasteiger partial charge in [0.25, 0.3) is 5.56 Å². The summed E-state index contributed by atoms with van der Waals surface area (Å²) >= 11 is 5.79. The zero-order valence-corrected chi connectivity index (χ0v) is 20.6. The molecule has 0 radical (unpaired) electrons. The summed E-state index contributed by atoms with van der Waals surface area (Å²) in [4.78, 5) is 20.4. The number of aryl methyl sites for hydroxylation is 3. The first-order valence-corrected chi connectivity index (χ1v) is 11.7. The Hall–Kier alpha value is -2.70. The van der Waals surface area contributed by atoms with E-state index in [-0.39, 0.29) is 5.56 Å². The quantitative estimate of drug-likeness (QED) is 0.473. The number of hydrogen-bond acceptors (Lipinski definition) is 3. The average molecular weight is 451 g/mol. The van der Waals surface area contributed by atoms with E-state index in [0.29, 0.717) is 11.7 Å². The number of anilines is 1. The van der Waals surface area contributed by atoms with Crippen LogP contribution in [0, 0.1) is 20.8 Å². The van der Waals surface area contributed by atoms with Crippen LogP contribution in [0.5, 0.6) is 0 Å². The van der Waals surface area contributed by atoms with Crippen LogP contribution in [0.3, 0.4) is 0 Å². The standard InChI is InChI=1S/C26H34N4OS/c1-6-29(7-2)11-12-30(26(32)27-22-10-8-9-18(3)14-22)17-21-16-23-20(5)13-19(4)15-24(23)28-25(21)31/h8-10,13-16H,6-7,11-12,17H2,1-5H3,(H,27,32)(H,28,31). The average Bonchev–Trinajstić information content (AvgIpc) is 2.74. The van der Waals surface area contributed by atoms with E-state index in [1.807, 2.05) is 31.2 Å². The monoisotopic (exact) mass is 450 g/mol. The molecule has 0 fully saturated rings. The lowest BCUT2D eigenvalue weighted by molar-refractivity contribution is 0.266. The highest BCUT2D eigenvalue weighted by molar-refractivity contribution is 7.80. The predicted molar refractivity (Wildman–Crippen MR) is 140 cm³/mol. The van der Waals surface area contributed by atoms with Gasteiger partial charge in [-0.05, 0) is 87.0 Å². The number of hydrogen-bond donors (Lipinski definition) is 2. The van der Waals surface area contributed by atoms with Crippen molar-refractivity contribution in [3.63, 3.8) is 0 Å². The van der Waals surface area contributed by atoms with Gasteiger partial charge in [0, 0.05) is 35.2 Å². The lowest BCUT2D eigenvalue weighted by Crippen LogP contribution is -2.41. The van der Waals surface area contributed by atoms with E-state index in [9.17, 15) is 4.79 Å². The van der Waals surface area contributed by atoms with E-state index in [4.69, 9.17) is 12.2 Å². The normalized spacial score (nSPS) is 11.2. The molecule has 2 N–H and O–H groups in total. The topological polar surface area (TPSA) is 51.4 Å². The highest BCUT2D eigenvalue weighted by Crippen LogP contribution is 2.19. The number of pyridine rings is 1. The van der Waals surface area contributed by atoms with E-state index in [1.54, 1.807) is 0 Å². The molecule has 0 amide bonds. The van der Waals surface area contributed by atoms with Gasteiger partial charge in [-0.25, -0.2) is 0 Å². The van der Waals surface area contributed by atoms with Crippen LogP contribution in [0.1, 0.15) is 36.1 Å². The molecule has 3 aromatic rings. The minimum atomic E-state index is -0.0614. The van der Waals surface area contributed by atoms with E-state index in [0.717, 1.165) is 59.5 Å². The Labute approximate surface area is 196 Å². The van der Waals surface area contributed by atoms with Crippen molar-refractivity contribution in [1.29, 1.82) is 0 Å². The number of nitrogens with zero attached hydrogens (tertiary/aromatic N) is 2. The number of thiocarbonyl (C=S) groups is 1. The molecule has 0 bridgehead atoms. The highest BCUT2D eigenvalue weighted by Gasteiger charge is 2.15. The van der Waals surface area contributed by atoms with Crippen LogP contribution in [0.2, 0.25) is 0 Å². The summed E-state index contributed by atoms with van der Waals surface area (Å²) in [6.07, 6.45) is 0. The van der Waals surface area contributed by atoms with Crippen molar-refractivity contribution in [2.24, 2.45) is 0 Å². The molecule has 0 spiro atoms. The largest absolute Gasteiger partial charge is 0.343 e. The van der Waals surface area contributed by atoms with E-state index in [2.05, 4.69) is 66.0 Å². The number of likely N-dealkylation sites (N-methyl/N-ethyl adjacent to an activating group) is 1. The Morgan fingerprint density at radius 1 is 1.00 bits per heavy atom. The molecular formula is C26H34N4OS. The SMILES string of the molecule is CCN(CC)CCN(Cc1cc2c(C)cc(C)cc2[nH]c1=O)C(=S)Nc1cccc(C)c1.